The van der Waals surface area contributed by atoms with Gasteiger partial charge in [-0.15, -0.1) is 0 Å². The largest absolute Gasteiger partial charge is 0.453 e. The van der Waals surface area contributed by atoms with Gasteiger partial charge in [-0.1, -0.05) is 16.5 Å². The van der Waals surface area contributed by atoms with Gasteiger partial charge in [-0.05, 0) is 13.8 Å². The van der Waals surface area contributed by atoms with E-state index in [4.69, 9.17) is 4.52 Å². The van der Waals surface area contributed by atoms with Crippen molar-refractivity contribution in [2.24, 2.45) is 0 Å². The van der Waals surface area contributed by atoms with Crippen LogP contribution >= 0.6 is 11.3 Å². The second-order valence-corrected chi connectivity index (χ2v) is 8.21. The number of hydrogen-bond acceptors (Lipinski definition) is 8. The minimum absolute atomic E-state index is 0.114. The van der Waals surface area contributed by atoms with E-state index >= 15 is 0 Å². The quantitative estimate of drug-likeness (QED) is 0.871. The normalized spacial score (nSPS) is 15.1. The van der Waals surface area contributed by atoms with E-state index in [-0.39, 0.29) is 17.2 Å². The van der Waals surface area contributed by atoms with E-state index in [2.05, 4.69) is 20.2 Å². The Morgan fingerprint density at radius 3 is 2.79 bits per heavy atom. The minimum atomic E-state index is -3.70. The summed E-state index contributed by atoms with van der Waals surface area (Å²) in [6.07, 6.45) is -0.140. The SMILES string of the molecule is COC(=O)Nc1nc2c(s1)CN(S(=O)(=O)c1c(C)noc1C)CC2. The lowest BCUT2D eigenvalue weighted by atomic mass is 10.2. The standard InChI is InChI=1S/C13H16N4O5S2/c1-7-11(8(2)22-16-7)24(19,20)17-5-4-9-10(6-17)23-12(14-9)15-13(18)21-3/h4-6H2,1-3H3,(H,14,15,18). The number of thiazole rings is 1. The van der Waals surface area contributed by atoms with Crippen molar-refractivity contribution in [1.29, 1.82) is 0 Å². The molecule has 1 amide bonds. The summed E-state index contributed by atoms with van der Waals surface area (Å²) in [7, 11) is -2.43. The number of methoxy groups -OCH3 is 1. The van der Waals surface area contributed by atoms with Gasteiger partial charge in [-0.25, -0.2) is 18.2 Å². The van der Waals surface area contributed by atoms with E-state index in [0.717, 1.165) is 10.6 Å². The third-order valence-corrected chi connectivity index (χ3v) is 6.74. The van der Waals surface area contributed by atoms with Crippen molar-refractivity contribution < 1.29 is 22.5 Å². The monoisotopic (exact) mass is 372 g/mol. The number of aromatic nitrogens is 2. The number of anilines is 1. The summed E-state index contributed by atoms with van der Waals surface area (Å²) < 4.78 is 36.6. The Morgan fingerprint density at radius 1 is 1.42 bits per heavy atom. The first-order chi connectivity index (χ1) is 11.3. The molecule has 0 unspecified atom stereocenters. The zero-order chi connectivity index (χ0) is 17.5. The van der Waals surface area contributed by atoms with Gasteiger partial charge in [0.1, 0.15) is 10.6 Å². The highest BCUT2D eigenvalue weighted by atomic mass is 32.2. The van der Waals surface area contributed by atoms with Crippen LogP contribution in [0, 0.1) is 13.8 Å². The Morgan fingerprint density at radius 2 is 2.17 bits per heavy atom. The number of ether oxygens (including phenoxy) is 1. The lowest BCUT2D eigenvalue weighted by Gasteiger charge is -2.25. The molecule has 0 saturated heterocycles. The highest BCUT2D eigenvalue weighted by Gasteiger charge is 2.34. The Bertz CT molecular complexity index is 867. The minimum Gasteiger partial charge on any atom is -0.453 e. The molecule has 0 saturated carbocycles. The summed E-state index contributed by atoms with van der Waals surface area (Å²) in [5, 5.41) is 6.61. The van der Waals surface area contributed by atoms with Crippen molar-refractivity contribution in [3.8, 4) is 0 Å². The van der Waals surface area contributed by atoms with Crippen LogP contribution in [0.2, 0.25) is 0 Å². The van der Waals surface area contributed by atoms with E-state index in [0.29, 0.717) is 23.8 Å². The summed E-state index contributed by atoms with van der Waals surface area (Å²) in [6.45, 7) is 3.68. The zero-order valence-electron chi connectivity index (χ0n) is 13.3. The number of nitrogens with zero attached hydrogens (tertiary/aromatic N) is 3. The third-order valence-electron chi connectivity index (χ3n) is 3.66. The van der Waals surface area contributed by atoms with Crippen molar-refractivity contribution in [1.82, 2.24) is 14.4 Å². The molecule has 1 N–H and O–H groups in total. The highest BCUT2D eigenvalue weighted by Crippen LogP contribution is 2.32. The second kappa shape index (κ2) is 6.15. The first-order valence-electron chi connectivity index (χ1n) is 7.09. The first-order valence-corrected chi connectivity index (χ1v) is 9.35. The molecule has 3 heterocycles. The number of amides is 1. The number of fused-ring (bicyclic) bond motifs is 1. The van der Waals surface area contributed by atoms with Crippen LogP contribution in [0.1, 0.15) is 22.0 Å². The van der Waals surface area contributed by atoms with Crippen LogP contribution in [0.15, 0.2) is 9.42 Å². The molecular weight excluding hydrogens is 356 g/mol. The summed E-state index contributed by atoms with van der Waals surface area (Å²) >= 11 is 1.24. The van der Waals surface area contributed by atoms with Crippen LogP contribution in [0.5, 0.6) is 0 Å². The van der Waals surface area contributed by atoms with Gasteiger partial charge in [0.15, 0.2) is 10.9 Å². The molecule has 0 aromatic carbocycles. The Balaban J connectivity index is 1.86. The van der Waals surface area contributed by atoms with Gasteiger partial charge in [0, 0.05) is 17.8 Å². The van der Waals surface area contributed by atoms with Crippen LogP contribution in [0.4, 0.5) is 9.93 Å². The van der Waals surface area contributed by atoms with Gasteiger partial charge in [-0.3, -0.25) is 5.32 Å². The predicted molar refractivity (Wildman–Crippen MR) is 85.4 cm³/mol. The lowest BCUT2D eigenvalue weighted by Crippen LogP contribution is -2.36. The van der Waals surface area contributed by atoms with E-state index < -0.39 is 16.1 Å². The summed E-state index contributed by atoms with van der Waals surface area (Å²) in [5.74, 6) is 0.274. The van der Waals surface area contributed by atoms with E-state index in [1.807, 2.05) is 0 Å². The fraction of sp³-hybridized carbons (Fsp3) is 0.462. The molecule has 11 heteroatoms. The Kier molecular flexibility index (Phi) is 4.32. The van der Waals surface area contributed by atoms with Gasteiger partial charge >= 0.3 is 6.09 Å². The average molecular weight is 372 g/mol. The predicted octanol–water partition coefficient (Wildman–Crippen LogP) is 1.67. The van der Waals surface area contributed by atoms with Crippen LogP contribution in [0.25, 0.3) is 0 Å². The molecule has 0 fully saturated rings. The molecule has 0 radical (unpaired) electrons. The molecule has 2 aromatic rings. The number of carbonyl (C=O) groups is 1. The number of rotatable bonds is 3. The Hall–Kier alpha value is -1.98. The molecule has 24 heavy (non-hydrogen) atoms. The number of aryl methyl sites for hydroxylation is 2. The zero-order valence-corrected chi connectivity index (χ0v) is 15.0. The molecule has 1 aliphatic rings. The molecule has 130 valence electrons. The third kappa shape index (κ3) is 2.89. The lowest BCUT2D eigenvalue weighted by molar-refractivity contribution is 0.187. The molecule has 0 atom stereocenters. The topological polar surface area (TPSA) is 115 Å². The van der Waals surface area contributed by atoms with E-state index in [1.54, 1.807) is 13.8 Å². The van der Waals surface area contributed by atoms with E-state index in [1.165, 1.54) is 22.8 Å². The summed E-state index contributed by atoms with van der Waals surface area (Å²) in [5.41, 5.74) is 1.13. The van der Waals surface area contributed by atoms with Crippen LogP contribution < -0.4 is 5.32 Å². The maximum Gasteiger partial charge on any atom is 0.413 e. The summed E-state index contributed by atoms with van der Waals surface area (Å²) in [6, 6.07) is 0. The molecular formula is C13H16N4O5S2. The van der Waals surface area contributed by atoms with Crippen molar-refractivity contribution >= 4 is 32.6 Å². The smallest absolute Gasteiger partial charge is 0.413 e. The van der Waals surface area contributed by atoms with Crippen molar-refractivity contribution in [2.45, 2.75) is 31.7 Å². The van der Waals surface area contributed by atoms with Crippen molar-refractivity contribution in [3.05, 3.63) is 22.0 Å². The van der Waals surface area contributed by atoms with Gasteiger partial charge < -0.3 is 9.26 Å². The van der Waals surface area contributed by atoms with Crippen LogP contribution in [0.3, 0.4) is 0 Å². The number of nitrogens with one attached hydrogen (secondary N) is 1. The van der Waals surface area contributed by atoms with Crippen LogP contribution in [-0.2, 0) is 27.7 Å². The average Bonchev–Trinajstić information content (AvgIpc) is 3.08. The maximum absolute atomic E-state index is 12.9. The Labute approximate surface area is 142 Å². The molecule has 9 nitrogen and oxygen atoms in total. The second-order valence-electron chi connectivity index (χ2n) is 5.25. The fourth-order valence-electron chi connectivity index (χ4n) is 2.54. The molecule has 0 bridgehead atoms. The highest BCUT2D eigenvalue weighted by molar-refractivity contribution is 7.89. The summed E-state index contributed by atoms with van der Waals surface area (Å²) in [4.78, 5) is 16.5. The maximum atomic E-state index is 12.9. The number of carbonyl (C=O) groups excluding carboxylic acids is 1. The van der Waals surface area contributed by atoms with Gasteiger partial charge in [0.05, 0.1) is 19.3 Å². The molecule has 0 spiro atoms. The van der Waals surface area contributed by atoms with Crippen LogP contribution in [-0.4, -0.2) is 42.6 Å². The first kappa shape index (κ1) is 16.9. The molecule has 0 aliphatic carbocycles. The number of sulfonamides is 1. The fourth-order valence-corrected chi connectivity index (χ4v) is 5.33. The number of hydrogen-bond donors (Lipinski definition) is 1. The van der Waals surface area contributed by atoms with Gasteiger partial charge in [0.25, 0.3) is 0 Å². The van der Waals surface area contributed by atoms with Crippen molar-refractivity contribution in [3.63, 3.8) is 0 Å². The molecule has 2 aromatic heterocycles. The molecule has 1 aliphatic heterocycles. The van der Waals surface area contributed by atoms with Crippen molar-refractivity contribution in [2.75, 3.05) is 19.0 Å². The van der Waals surface area contributed by atoms with Gasteiger partial charge in [0.2, 0.25) is 10.0 Å². The van der Waals surface area contributed by atoms with E-state index in [9.17, 15) is 13.2 Å². The molecule has 3 rings (SSSR count). The van der Waals surface area contributed by atoms with Gasteiger partial charge in [-0.2, -0.15) is 4.31 Å².